The lowest BCUT2D eigenvalue weighted by Crippen LogP contribution is -2.27. The maximum Gasteiger partial charge on any atom is 0.181 e. The monoisotopic (exact) mass is 265 g/mol. The summed E-state index contributed by atoms with van der Waals surface area (Å²) >= 11 is 5.11. The Kier molecular flexibility index (Phi) is 3.93. The number of rotatable bonds is 4. The first-order chi connectivity index (χ1) is 8.63. The molecule has 2 unspecified atom stereocenters. The van der Waals surface area contributed by atoms with Crippen molar-refractivity contribution in [2.24, 2.45) is 5.73 Å². The van der Waals surface area contributed by atoms with Crippen molar-refractivity contribution in [3.63, 3.8) is 0 Å². The van der Waals surface area contributed by atoms with E-state index < -0.39 is 12.2 Å². The first-order valence-electron chi connectivity index (χ1n) is 5.56. The van der Waals surface area contributed by atoms with E-state index in [1.807, 2.05) is 22.9 Å². The maximum absolute atomic E-state index is 9.80. The fraction of sp³-hybridized carbons (Fsp3) is 0.250. The largest absolute Gasteiger partial charge is 0.389 e. The van der Waals surface area contributed by atoms with Gasteiger partial charge in [0.2, 0.25) is 0 Å². The van der Waals surface area contributed by atoms with E-state index in [0.29, 0.717) is 10.3 Å². The van der Waals surface area contributed by atoms with Gasteiger partial charge in [0.25, 0.3) is 0 Å². The van der Waals surface area contributed by atoms with Crippen LogP contribution in [0.5, 0.6) is 0 Å². The molecule has 0 radical (unpaired) electrons. The average Bonchev–Trinajstić information content (AvgIpc) is 2.83. The van der Waals surface area contributed by atoms with Crippen LogP contribution in [0.15, 0.2) is 36.7 Å². The lowest BCUT2D eigenvalue weighted by molar-refractivity contribution is 0.0243. The molecule has 18 heavy (non-hydrogen) atoms. The van der Waals surface area contributed by atoms with Crippen LogP contribution in [0.1, 0.15) is 11.7 Å². The standard InChI is InChI=1S/C12H15N3O2S/c13-7-10(16)11(17)8-1-3-9(4-2-8)15-6-5-14-12(15)18/h1-6,10-11,16-17H,7,13H2,(H,14,18). The Bertz CT molecular complexity index is 561. The normalized spacial score (nSPS) is 14.4. The second-order valence-corrected chi connectivity index (χ2v) is 4.36. The first kappa shape index (κ1) is 13.0. The number of nitrogens with two attached hydrogens (primary N) is 1. The summed E-state index contributed by atoms with van der Waals surface area (Å²) in [5.41, 5.74) is 6.82. The van der Waals surface area contributed by atoms with Gasteiger partial charge in [0, 0.05) is 24.6 Å². The molecule has 5 nitrogen and oxygen atoms in total. The zero-order valence-corrected chi connectivity index (χ0v) is 10.5. The van der Waals surface area contributed by atoms with Crippen LogP contribution < -0.4 is 5.73 Å². The fourth-order valence-electron chi connectivity index (χ4n) is 1.71. The Balaban J connectivity index is 2.26. The fourth-order valence-corrected chi connectivity index (χ4v) is 1.94. The molecule has 0 aliphatic rings. The molecule has 1 heterocycles. The Morgan fingerprint density at radius 2 is 1.94 bits per heavy atom. The lowest BCUT2D eigenvalue weighted by atomic mass is 10.0. The van der Waals surface area contributed by atoms with Crippen LogP contribution in [0.3, 0.4) is 0 Å². The second-order valence-electron chi connectivity index (χ2n) is 3.97. The predicted octanol–water partition coefficient (Wildman–Crippen LogP) is 0.888. The number of benzene rings is 1. The molecule has 0 fully saturated rings. The third-order valence-corrected chi connectivity index (χ3v) is 3.08. The number of hydrogen-bond donors (Lipinski definition) is 4. The van der Waals surface area contributed by atoms with Gasteiger partial charge in [-0.05, 0) is 29.9 Å². The summed E-state index contributed by atoms with van der Waals surface area (Å²) in [5, 5.41) is 19.3. The van der Waals surface area contributed by atoms with Gasteiger partial charge in [0.1, 0.15) is 6.10 Å². The summed E-state index contributed by atoms with van der Waals surface area (Å²) in [5.74, 6) is 0. The lowest BCUT2D eigenvalue weighted by Gasteiger charge is -2.16. The van der Waals surface area contributed by atoms with E-state index in [2.05, 4.69) is 4.98 Å². The van der Waals surface area contributed by atoms with E-state index in [0.717, 1.165) is 5.69 Å². The van der Waals surface area contributed by atoms with Crippen molar-refractivity contribution in [2.75, 3.05) is 6.54 Å². The third kappa shape index (κ3) is 2.51. The SMILES string of the molecule is NCC(O)C(O)c1ccc(-n2cc[nH]c2=S)cc1. The first-order valence-corrected chi connectivity index (χ1v) is 5.97. The number of H-pyrrole nitrogens is 1. The highest BCUT2D eigenvalue weighted by Gasteiger charge is 2.16. The summed E-state index contributed by atoms with van der Waals surface area (Å²) < 4.78 is 2.41. The van der Waals surface area contributed by atoms with Gasteiger partial charge in [-0.25, -0.2) is 0 Å². The number of aliphatic hydroxyl groups excluding tert-OH is 2. The van der Waals surface area contributed by atoms with Crippen molar-refractivity contribution in [3.05, 3.63) is 47.0 Å². The molecule has 2 atom stereocenters. The average molecular weight is 265 g/mol. The van der Waals surface area contributed by atoms with Gasteiger partial charge in [0.15, 0.2) is 4.77 Å². The van der Waals surface area contributed by atoms with E-state index in [-0.39, 0.29) is 6.54 Å². The molecular formula is C12H15N3O2S. The highest BCUT2D eigenvalue weighted by atomic mass is 32.1. The van der Waals surface area contributed by atoms with Gasteiger partial charge < -0.3 is 20.9 Å². The number of aliphatic hydroxyl groups is 2. The van der Waals surface area contributed by atoms with Crippen molar-refractivity contribution >= 4 is 12.2 Å². The third-order valence-electron chi connectivity index (χ3n) is 2.77. The minimum Gasteiger partial charge on any atom is -0.389 e. The Morgan fingerprint density at radius 3 is 2.44 bits per heavy atom. The highest BCUT2D eigenvalue weighted by Crippen LogP contribution is 2.18. The van der Waals surface area contributed by atoms with Crippen molar-refractivity contribution in [1.29, 1.82) is 0 Å². The number of nitrogens with one attached hydrogen (secondary N) is 1. The number of aromatic amines is 1. The molecule has 96 valence electrons. The zero-order chi connectivity index (χ0) is 13.1. The van der Waals surface area contributed by atoms with Crippen molar-refractivity contribution < 1.29 is 10.2 Å². The van der Waals surface area contributed by atoms with Gasteiger partial charge in [-0.1, -0.05) is 12.1 Å². The number of imidazole rings is 1. The van der Waals surface area contributed by atoms with E-state index in [1.54, 1.807) is 18.3 Å². The molecule has 0 aliphatic heterocycles. The summed E-state index contributed by atoms with van der Waals surface area (Å²) in [7, 11) is 0. The Labute approximate surface area is 110 Å². The quantitative estimate of drug-likeness (QED) is 0.618. The molecule has 1 aromatic carbocycles. The van der Waals surface area contributed by atoms with Gasteiger partial charge in [-0.2, -0.15) is 0 Å². The number of aromatic nitrogens is 2. The zero-order valence-electron chi connectivity index (χ0n) is 9.65. The van der Waals surface area contributed by atoms with Gasteiger partial charge in [0.05, 0.1) is 6.10 Å². The van der Waals surface area contributed by atoms with E-state index in [1.165, 1.54) is 0 Å². The molecule has 0 saturated carbocycles. The number of hydrogen-bond acceptors (Lipinski definition) is 4. The topological polar surface area (TPSA) is 87.2 Å². The van der Waals surface area contributed by atoms with Gasteiger partial charge in [-0.3, -0.25) is 4.57 Å². The Hall–Kier alpha value is -1.47. The van der Waals surface area contributed by atoms with Crippen molar-refractivity contribution in [2.45, 2.75) is 12.2 Å². The van der Waals surface area contributed by atoms with E-state index in [4.69, 9.17) is 18.0 Å². The molecular weight excluding hydrogens is 250 g/mol. The molecule has 0 amide bonds. The molecule has 2 rings (SSSR count). The molecule has 2 aromatic rings. The number of nitrogens with zero attached hydrogens (tertiary/aromatic N) is 1. The molecule has 0 spiro atoms. The molecule has 0 aliphatic carbocycles. The smallest absolute Gasteiger partial charge is 0.181 e. The summed E-state index contributed by atoms with van der Waals surface area (Å²) in [6.07, 6.45) is 1.65. The second kappa shape index (κ2) is 5.45. The van der Waals surface area contributed by atoms with Crippen LogP contribution in [0, 0.1) is 4.77 Å². The molecule has 6 heteroatoms. The minimum atomic E-state index is -0.969. The van der Waals surface area contributed by atoms with Crippen LogP contribution in [0.2, 0.25) is 0 Å². The summed E-state index contributed by atoms with van der Waals surface area (Å²) in [6, 6.07) is 7.14. The van der Waals surface area contributed by atoms with Crippen LogP contribution in [-0.2, 0) is 0 Å². The van der Waals surface area contributed by atoms with E-state index >= 15 is 0 Å². The van der Waals surface area contributed by atoms with Crippen molar-refractivity contribution in [3.8, 4) is 5.69 Å². The van der Waals surface area contributed by atoms with Crippen LogP contribution in [0.25, 0.3) is 5.69 Å². The Morgan fingerprint density at radius 1 is 1.28 bits per heavy atom. The van der Waals surface area contributed by atoms with Crippen molar-refractivity contribution in [1.82, 2.24) is 9.55 Å². The maximum atomic E-state index is 9.80. The van der Waals surface area contributed by atoms with Crippen LogP contribution in [-0.4, -0.2) is 32.4 Å². The van der Waals surface area contributed by atoms with Crippen LogP contribution in [0.4, 0.5) is 0 Å². The molecule has 1 aromatic heterocycles. The predicted molar refractivity (Wildman–Crippen MR) is 71.0 cm³/mol. The van der Waals surface area contributed by atoms with Gasteiger partial charge in [-0.15, -0.1) is 0 Å². The summed E-state index contributed by atoms with van der Waals surface area (Å²) in [4.78, 5) is 2.90. The van der Waals surface area contributed by atoms with Gasteiger partial charge >= 0.3 is 0 Å². The summed E-state index contributed by atoms with van der Waals surface area (Å²) in [6.45, 7) is 0.0196. The van der Waals surface area contributed by atoms with Crippen LogP contribution >= 0.6 is 12.2 Å². The van der Waals surface area contributed by atoms with E-state index in [9.17, 15) is 10.2 Å². The molecule has 0 saturated heterocycles. The highest BCUT2D eigenvalue weighted by molar-refractivity contribution is 7.71. The molecule has 0 bridgehead atoms. The minimum absolute atomic E-state index is 0.0196. The molecule has 5 N–H and O–H groups in total.